The number of amides is 1. The molecular formula is C21H14N6O4. The zero-order chi connectivity index (χ0) is 21.5. The highest BCUT2D eigenvalue weighted by Gasteiger charge is 2.21. The molecule has 0 atom stereocenters. The van der Waals surface area contributed by atoms with Gasteiger partial charge in [0.05, 0.1) is 11.3 Å². The highest BCUT2D eigenvalue weighted by molar-refractivity contribution is 5.91. The highest BCUT2D eigenvalue weighted by Crippen LogP contribution is 2.35. The molecule has 0 unspecified atom stereocenters. The molecule has 0 saturated heterocycles. The van der Waals surface area contributed by atoms with E-state index in [0.29, 0.717) is 39.7 Å². The molecule has 0 aliphatic carbocycles. The van der Waals surface area contributed by atoms with Gasteiger partial charge < -0.3 is 15.2 Å². The number of ether oxygens (including phenoxy) is 1. The van der Waals surface area contributed by atoms with Gasteiger partial charge in [-0.15, -0.1) is 0 Å². The molecule has 0 bridgehead atoms. The molecule has 10 heteroatoms. The van der Waals surface area contributed by atoms with Crippen molar-refractivity contribution in [2.45, 2.75) is 6.61 Å². The number of carboxylic acid groups (broad SMARTS) is 1. The van der Waals surface area contributed by atoms with E-state index in [2.05, 4.69) is 26.8 Å². The Morgan fingerprint density at radius 3 is 2.81 bits per heavy atom. The van der Waals surface area contributed by atoms with Crippen molar-refractivity contribution < 1.29 is 19.4 Å². The van der Waals surface area contributed by atoms with Crippen LogP contribution in [-0.2, 0) is 11.3 Å². The molecule has 10 nitrogen and oxygen atoms in total. The summed E-state index contributed by atoms with van der Waals surface area (Å²) in [5, 5.41) is 27.4. The molecule has 31 heavy (non-hydrogen) atoms. The minimum absolute atomic E-state index is 0.170. The molecule has 4 N–H and O–H groups in total. The number of hydrogen-bond acceptors (Lipinski definition) is 6. The Morgan fingerprint density at radius 1 is 1.26 bits per heavy atom. The van der Waals surface area contributed by atoms with Gasteiger partial charge >= 0.3 is 12.1 Å². The van der Waals surface area contributed by atoms with Crippen molar-refractivity contribution in [2.24, 2.45) is 0 Å². The molecule has 0 fully saturated rings. The maximum atomic E-state index is 11.6. The van der Waals surface area contributed by atoms with E-state index in [4.69, 9.17) is 9.84 Å². The van der Waals surface area contributed by atoms with Crippen LogP contribution < -0.4 is 10.6 Å². The number of imidazole rings is 1. The van der Waals surface area contributed by atoms with Crippen molar-refractivity contribution in [1.82, 2.24) is 14.6 Å². The Bertz CT molecular complexity index is 1390. The molecule has 4 aromatic rings. The van der Waals surface area contributed by atoms with Gasteiger partial charge in [-0.2, -0.15) is 5.26 Å². The van der Waals surface area contributed by atoms with Crippen LogP contribution in [0, 0.1) is 11.3 Å². The second kappa shape index (κ2) is 6.93. The van der Waals surface area contributed by atoms with Gasteiger partial charge in [-0.05, 0) is 30.3 Å². The second-order valence-corrected chi connectivity index (χ2v) is 6.85. The lowest BCUT2D eigenvalue weighted by Gasteiger charge is -2.18. The topological polar surface area (TPSA) is 145 Å². The summed E-state index contributed by atoms with van der Waals surface area (Å²) in [5.74, 6) is -0.458. The first-order valence-electron chi connectivity index (χ1n) is 9.21. The van der Waals surface area contributed by atoms with Crippen LogP contribution in [0.2, 0.25) is 0 Å². The molecule has 0 spiro atoms. The van der Waals surface area contributed by atoms with Crippen LogP contribution >= 0.6 is 0 Å². The Balaban J connectivity index is 1.62. The minimum Gasteiger partial charge on any atom is -0.478 e. The fourth-order valence-electron chi connectivity index (χ4n) is 3.41. The average molecular weight is 414 g/mol. The molecular weight excluding hydrogens is 400 g/mol. The predicted molar refractivity (Wildman–Crippen MR) is 110 cm³/mol. The molecule has 2 aromatic carbocycles. The molecule has 1 amide bonds. The molecule has 3 heterocycles. The summed E-state index contributed by atoms with van der Waals surface area (Å²) >= 11 is 0. The zero-order valence-corrected chi connectivity index (χ0v) is 15.8. The first-order chi connectivity index (χ1) is 15.0. The number of carbonyl (C=O) groups excluding carboxylic acids is 1. The van der Waals surface area contributed by atoms with Gasteiger partial charge in [0.25, 0.3) is 0 Å². The van der Waals surface area contributed by atoms with E-state index in [9.17, 15) is 14.9 Å². The normalized spacial score (nSPS) is 12.5. The fourth-order valence-corrected chi connectivity index (χ4v) is 3.41. The van der Waals surface area contributed by atoms with Gasteiger partial charge in [-0.25, -0.2) is 19.1 Å². The number of nitrogens with zero attached hydrogens (tertiary/aromatic N) is 3. The molecule has 0 saturated carbocycles. The standard InChI is InChI=1S/C21H14N6O4/c22-8-14-9-23-27-18(14)26-17(12-1-2-13-10-31-21(30)25-16(13)7-12)19(27)24-15-5-3-11(4-6-15)20(28)29/h1-7,9,23-24H,10H2,(H,25,30)(H,28,29). The van der Waals surface area contributed by atoms with Crippen LogP contribution in [-0.4, -0.2) is 31.8 Å². The van der Waals surface area contributed by atoms with E-state index in [-0.39, 0.29) is 12.2 Å². The molecule has 152 valence electrons. The molecule has 0 radical (unpaired) electrons. The number of aromatic nitrogens is 3. The maximum Gasteiger partial charge on any atom is 0.411 e. The van der Waals surface area contributed by atoms with Crippen molar-refractivity contribution >= 4 is 34.9 Å². The number of cyclic esters (lactones) is 1. The van der Waals surface area contributed by atoms with Crippen molar-refractivity contribution in [3.8, 4) is 17.3 Å². The first-order valence-corrected chi connectivity index (χ1v) is 9.21. The fraction of sp³-hybridized carbons (Fsp3) is 0.0476. The summed E-state index contributed by atoms with van der Waals surface area (Å²) in [7, 11) is 0. The number of nitriles is 1. The number of benzene rings is 2. The van der Waals surface area contributed by atoms with Gasteiger partial charge in [0.15, 0.2) is 11.5 Å². The Labute approximate surface area is 174 Å². The van der Waals surface area contributed by atoms with Crippen LogP contribution in [0.3, 0.4) is 0 Å². The van der Waals surface area contributed by atoms with Crippen molar-refractivity contribution in [2.75, 3.05) is 10.6 Å². The van der Waals surface area contributed by atoms with Crippen LogP contribution in [0.4, 0.5) is 22.0 Å². The number of H-pyrrole nitrogens is 1. The van der Waals surface area contributed by atoms with Crippen molar-refractivity contribution in [3.63, 3.8) is 0 Å². The molecule has 5 rings (SSSR count). The lowest BCUT2D eigenvalue weighted by atomic mass is 10.1. The van der Waals surface area contributed by atoms with Crippen LogP contribution in [0.15, 0.2) is 48.7 Å². The monoisotopic (exact) mass is 414 g/mol. The third-order valence-electron chi connectivity index (χ3n) is 4.95. The van der Waals surface area contributed by atoms with Gasteiger partial charge in [0.1, 0.15) is 23.9 Å². The lowest BCUT2D eigenvalue weighted by Crippen LogP contribution is -2.20. The molecule has 1 aliphatic rings. The third kappa shape index (κ3) is 3.10. The first kappa shape index (κ1) is 18.3. The van der Waals surface area contributed by atoms with Crippen LogP contribution in [0.5, 0.6) is 0 Å². The van der Waals surface area contributed by atoms with Gasteiger partial charge in [0.2, 0.25) is 0 Å². The van der Waals surface area contributed by atoms with Gasteiger partial charge in [0, 0.05) is 23.0 Å². The number of fused-ring (bicyclic) bond motifs is 2. The number of carbonyl (C=O) groups is 2. The lowest BCUT2D eigenvalue weighted by molar-refractivity contribution is 0.0697. The second-order valence-electron chi connectivity index (χ2n) is 6.85. The number of nitrogens with one attached hydrogen (secondary N) is 3. The summed E-state index contributed by atoms with van der Waals surface area (Å²) in [6.07, 6.45) is 1.03. The van der Waals surface area contributed by atoms with E-state index in [1.54, 1.807) is 28.9 Å². The van der Waals surface area contributed by atoms with Crippen molar-refractivity contribution in [3.05, 3.63) is 65.4 Å². The summed E-state index contributed by atoms with van der Waals surface area (Å²) in [6, 6.07) is 13.9. The Kier molecular flexibility index (Phi) is 4.08. The summed E-state index contributed by atoms with van der Waals surface area (Å²) in [6.45, 7) is 0.186. The highest BCUT2D eigenvalue weighted by atomic mass is 16.5. The molecule has 1 aliphatic heterocycles. The van der Waals surface area contributed by atoms with E-state index in [1.165, 1.54) is 12.1 Å². The molecule has 2 aromatic heterocycles. The largest absolute Gasteiger partial charge is 0.478 e. The number of carboxylic acids is 1. The Morgan fingerprint density at radius 2 is 2.06 bits per heavy atom. The van der Waals surface area contributed by atoms with Crippen LogP contribution in [0.1, 0.15) is 21.5 Å². The van der Waals surface area contributed by atoms with Crippen molar-refractivity contribution in [1.29, 1.82) is 5.26 Å². The smallest absolute Gasteiger partial charge is 0.411 e. The number of rotatable bonds is 4. The Hall–Kier alpha value is -4.78. The number of aromatic carboxylic acids is 1. The van der Waals surface area contributed by atoms with Gasteiger partial charge in [-0.3, -0.25) is 10.4 Å². The number of anilines is 3. The zero-order valence-electron chi connectivity index (χ0n) is 15.8. The summed E-state index contributed by atoms with van der Waals surface area (Å²) in [4.78, 5) is 27.3. The average Bonchev–Trinajstić information content (AvgIpc) is 3.33. The van der Waals surface area contributed by atoms with Crippen LogP contribution in [0.25, 0.3) is 16.9 Å². The van der Waals surface area contributed by atoms with E-state index < -0.39 is 12.1 Å². The quantitative estimate of drug-likeness (QED) is 0.398. The number of aromatic amines is 1. The maximum absolute atomic E-state index is 11.6. The number of hydrogen-bond donors (Lipinski definition) is 4. The SMILES string of the molecule is N#Cc1c[nH]n2c(Nc3ccc(C(=O)O)cc3)c(-c3ccc4c(c3)NC(=O)OC4)nc12. The summed E-state index contributed by atoms with van der Waals surface area (Å²) in [5.41, 5.74) is 4.35. The van der Waals surface area contributed by atoms with E-state index in [0.717, 1.165) is 5.56 Å². The summed E-state index contributed by atoms with van der Waals surface area (Å²) < 4.78 is 6.62. The minimum atomic E-state index is -1.01. The third-order valence-corrected chi connectivity index (χ3v) is 4.95. The van der Waals surface area contributed by atoms with E-state index >= 15 is 0 Å². The van der Waals surface area contributed by atoms with Gasteiger partial charge in [-0.1, -0.05) is 12.1 Å². The predicted octanol–water partition coefficient (Wildman–Crippen LogP) is 3.70. The van der Waals surface area contributed by atoms with E-state index in [1.807, 2.05) is 12.1 Å².